The molecule has 8 heteroatoms. The largest absolute Gasteiger partial charge is 0.467 e. The molecule has 1 unspecified atom stereocenters. The third kappa shape index (κ3) is 3.52. The van der Waals surface area contributed by atoms with Crippen LogP contribution in [0.25, 0.3) is 0 Å². The van der Waals surface area contributed by atoms with Crippen LogP contribution < -0.4 is 5.32 Å². The number of methoxy groups -OCH3 is 1. The van der Waals surface area contributed by atoms with E-state index < -0.39 is 6.04 Å². The number of ether oxygens (including phenoxy) is 1. The van der Waals surface area contributed by atoms with E-state index in [1.54, 1.807) is 24.3 Å². The Morgan fingerprint density at radius 3 is 2.52 bits per heavy atom. The number of rotatable bonds is 6. The number of halogens is 1. The molecule has 3 aliphatic rings. The lowest BCUT2D eigenvalue weighted by atomic mass is 10.0. The van der Waals surface area contributed by atoms with Crippen LogP contribution in [0.2, 0.25) is 5.02 Å². The molecule has 0 radical (unpaired) electrons. The molecule has 3 saturated carbocycles. The molecule has 5 rings (SSSR count). The number of hydrogen-bond acceptors (Lipinski definition) is 5. The highest BCUT2D eigenvalue weighted by molar-refractivity contribution is 6.30. The highest BCUT2D eigenvalue weighted by atomic mass is 35.5. The minimum Gasteiger partial charge on any atom is -0.467 e. The Bertz CT molecular complexity index is 928. The van der Waals surface area contributed by atoms with Gasteiger partial charge in [-0.1, -0.05) is 16.8 Å². The second-order valence-corrected chi connectivity index (χ2v) is 8.85. The summed E-state index contributed by atoms with van der Waals surface area (Å²) in [7, 11) is 1.36. The Hall–Kier alpha value is -2.41. The van der Waals surface area contributed by atoms with E-state index in [1.807, 2.05) is 4.68 Å². The minimum atomic E-state index is -0.628. The van der Waals surface area contributed by atoms with Crippen molar-refractivity contribution < 1.29 is 14.3 Å². The average Bonchev–Trinajstić information content (AvgIpc) is 3.58. The molecular formula is C21H23ClN4O3. The third-order valence-electron chi connectivity index (χ3n) is 6.62. The topological polar surface area (TPSA) is 86.1 Å². The first kappa shape index (κ1) is 18.6. The number of fused-ring (bicyclic) bond motifs is 1. The van der Waals surface area contributed by atoms with Crippen molar-refractivity contribution >= 4 is 23.5 Å². The second-order valence-electron chi connectivity index (χ2n) is 8.41. The van der Waals surface area contributed by atoms with E-state index in [0.29, 0.717) is 34.4 Å². The fraction of sp³-hybridized carbons (Fsp3) is 0.524. The van der Waals surface area contributed by atoms with Crippen LogP contribution >= 0.6 is 11.6 Å². The van der Waals surface area contributed by atoms with Gasteiger partial charge in [0.2, 0.25) is 0 Å². The van der Waals surface area contributed by atoms with E-state index in [0.717, 1.165) is 18.5 Å². The van der Waals surface area contributed by atoms with Crippen LogP contribution in [0.15, 0.2) is 30.5 Å². The SMILES string of the molecule is COC(=O)C(NC(=O)c1ccc(Cl)cc1)[C@H]1[C@@H]2C[C@@H](n3cc(C4CC4)nn3)C[C@@H]21. The molecule has 1 amide bonds. The Balaban J connectivity index is 1.24. The van der Waals surface area contributed by atoms with Gasteiger partial charge in [-0.15, -0.1) is 5.10 Å². The number of hydrogen-bond donors (Lipinski definition) is 1. The van der Waals surface area contributed by atoms with Gasteiger partial charge < -0.3 is 10.1 Å². The standard InChI is InChI=1S/C21H23ClN4O3/c1-29-21(28)19(23-20(27)12-4-6-13(22)7-5-12)18-15-8-14(9-16(15)18)26-10-17(24-25-26)11-2-3-11/h4-7,10-11,14-16,18-19H,2-3,8-9H2,1H3,(H,23,27)/t14-,15-,16+,18+,19?. The first-order chi connectivity index (χ1) is 14.0. The fourth-order valence-electron chi connectivity index (χ4n) is 4.87. The zero-order chi connectivity index (χ0) is 20.1. The second kappa shape index (κ2) is 7.13. The average molecular weight is 415 g/mol. The minimum absolute atomic E-state index is 0.112. The number of aromatic nitrogens is 3. The molecule has 29 heavy (non-hydrogen) atoms. The summed E-state index contributed by atoms with van der Waals surface area (Å²) in [5.74, 6) is 0.816. The third-order valence-corrected chi connectivity index (χ3v) is 6.87. The normalized spacial score (nSPS) is 28.5. The molecule has 1 aromatic heterocycles. The van der Waals surface area contributed by atoms with Gasteiger partial charge in [0.15, 0.2) is 0 Å². The van der Waals surface area contributed by atoms with Crippen molar-refractivity contribution in [3.05, 3.63) is 46.7 Å². The molecule has 1 N–H and O–H groups in total. The van der Waals surface area contributed by atoms with Gasteiger partial charge in [-0.05, 0) is 67.7 Å². The van der Waals surface area contributed by atoms with Gasteiger partial charge in [0, 0.05) is 22.7 Å². The van der Waals surface area contributed by atoms with Crippen molar-refractivity contribution in [2.24, 2.45) is 17.8 Å². The summed E-state index contributed by atoms with van der Waals surface area (Å²) in [4.78, 5) is 25.0. The van der Waals surface area contributed by atoms with Gasteiger partial charge in [-0.3, -0.25) is 4.79 Å². The fourth-order valence-corrected chi connectivity index (χ4v) is 5.00. The Kier molecular flexibility index (Phi) is 4.57. The zero-order valence-electron chi connectivity index (χ0n) is 16.1. The molecule has 152 valence electrons. The summed E-state index contributed by atoms with van der Waals surface area (Å²) in [5.41, 5.74) is 1.58. The van der Waals surface area contributed by atoms with E-state index in [9.17, 15) is 9.59 Å². The molecule has 5 atom stereocenters. The van der Waals surface area contributed by atoms with Crippen LogP contribution in [-0.4, -0.2) is 40.0 Å². The summed E-state index contributed by atoms with van der Waals surface area (Å²) >= 11 is 5.89. The molecule has 3 aliphatic carbocycles. The van der Waals surface area contributed by atoms with Crippen molar-refractivity contribution in [3.8, 4) is 0 Å². The summed E-state index contributed by atoms with van der Waals surface area (Å²) in [6.45, 7) is 0. The zero-order valence-corrected chi connectivity index (χ0v) is 16.9. The van der Waals surface area contributed by atoms with Crippen LogP contribution in [0.1, 0.15) is 53.7 Å². The first-order valence-corrected chi connectivity index (χ1v) is 10.5. The lowest BCUT2D eigenvalue weighted by Gasteiger charge is -2.21. The summed E-state index contributed by atoms with van der Waals surface area (Å²) in [5, 5.41) is 12.1. The van der Waals surface area contributed by atoms with Gasteiger partial charge in [0.1, 0.15) is 6.04 Å². The van der Waals surface area contributed by atoms with Gasteiger partial charge in [-0.25, -0.2) is 9.48 Å². The van der Waals surface area contributed by atoms with E-state index in [2.05, 4.69) is 21.8 Å². The van der Waals surface area contributed by atoms with Crippen LogP contribution in [0.3, 0.4) is 0 Å². The van der Waals surface area contributed by atoms with Crippen molar-refractivity contribution in [1.82, 2.24) is 20.3 Å². The predicted molar refractivity (Wildman–Crippen MR) is 105 cm³/mol. The van der Waals surface area contributed by atoms with Crippen LogP contribution in [0, 0.1) is 17.8 Å². The summed E-state index contributed by atoms with van der Waals surface area (Å²) in [6, 6.07) is 6.32. The van der Waals surface area contributed by atoms with Crippen LogP contribution in [-0.2, 0) is 9.53 Å². The van der Waals surface area contributed by atoms with E-state index in [4.69, 9.17) is 16.3 Å². The number of esters is 1. The first-order valence-electron chi connectivity index (χ1n) is 10.1. The molecule has 0 bridgehead atoms. The highest BCUT2D eigenvalue weighted by Crippen LogP contribution is 2.62. The number of benzene rings is 1. The van der Waals surface area contributed by atoms with E-state index in [-0.39, 0.29) is 17.8 Å². The number of nitrogens with zero attached hydrogens (tertiary/aromatic N) is 3. The molecule has 2 aromatic rings. The maximum absolute atomic E-state index is 12.6. The lowest BCUT2D eigenvalue weighted by molar-refractivity contribution is -0.143. The highest BCUT2D eigenvalue weighted by Gasteiger charge is 2.61. The predicted octanol–water partition coefficient (Wildman–Crippen LogP) is 2.98. The van der Waals surface area contributed by atoms with Crippen molar-refractivity contribution in [2.75, 3.05) is 7.11 Å². The molecule has 0 spiro atoms. The molecular weight excluding hydrogens is 392 g/mol. The van der Waals surface area contributed by atoms with Crippen LogP contribution in [0.4, 0.5) is 0 Å². The molecule has 7 nitrogen and oxygen atoms in total. The lowest BCUT2D eigenvalue weighted by Crippen LogP contribution is -2.44. The molecule has 1 heterocycles. The Morgan fingerprint density at radius 2 is 1.90 bits per heavy atom. The molecule has 0 aliphatic heterocycles. The number of amides is 1. The monoisotopic (exact) mass is 414 g/mol. The maximum atomic E-state index is 12.6. The van der Waals surface area contributed by atoms with Crippen molar-refractivity contribution in [2.45, 2.75) is 43.7 Å². The number of carbonyl (C=O) groups excluding carboxylic acids is 2. The van der Waals surface area contributed by atoms with E-state index in [1.165, 1.54) is 20.0 Å². The van der Waals surface area contributed by atoms with Crippen molar-refractivity contribution in [1.29, 1.82) is 0 Å². The van der Waals surface area contributed by atoms with Gasteiger partial charge in [0.05, 0.1) is 18.8 Å². The van der Waals surface area contributed by atoms with Gasteiger partial charge in [-0.2, -0.15) is 0 Å². The number of nitrogens with one attached hydrogen (secondary N) is 1. The quantitative estimate of drug-likeness (QED) is 0.734. The summed E-state index contributed by atoms with van der Waals surface area (Å²) < 4.78 is 6.98. The van der Waals surface area contributed by atoms with E-state index >= 15 is 0 Å². The van der Waals surface area contributed by atoms with Gasteiger partial charge >= 0.3 is 5.97 Å². The maximum Gasteiger partial charge on any atom is 0.328 e. The Morgan fingerprint density at radius 1 is 1.21 bits per heavy atom. The van der Waals surface area contributed by atoms with Gasteiger partial charge in [0.25, 0.3) is 5.91 Å². The molecule has 3 fully saturated rings. The van der Waals surface area contributed by atoms with Crippen molar-refractivity contribution in [3.63, 3.8) is 0 Å². The van der Waals surface area contributed by atoms with Crippen LogP contribution in [0.5, 0.6) is 0 Å². The molecule has 0 saturated heterocycles. The Labute approximate surface area is 173 Å². The smallest absolute Gasteiger partial charge is 0.328 e. The molecule has 1 aromatic carbocycles. The number of carbonyl (C=O) groups is 2. The summed E-state index contributed by atoms with van der Waals surface area (Å²) in [6.07, 6.45) is 6.41.